The van der Waals surface area contributed by atoms with Gasteiger partial charge in [0.2, 0.25) is 15.9 Å². The third kappa shape index (κ3) is 4.66. The van der Waals surface area contributed by atoms with Crippen LogP contribution >= 0.6 is 0 Å². The molecule has 4 rings (SSSR count). The van der Waals surface area contributed by atoms with Crippen molar-refractivity contribution in [1.82, 2.24) is 14.5 Å². The average molecular weight is 457 g/mol. The van der Waals surface area contributed by atoms with Crippen LogP contribution in [0.25, 0.3) is 0 Å². The molecule has 2 aromatic carbocycles. The Balaban J connectivity index is 1.35. The van der Waals surface area contributed by atoms with E-state index in [2.05, 4.69) is 10.6 Å². The summed E-state index contributed by atoms with van der Waals surface area (Å²) in [6, 6.07) is 13.8. The molecule has 0 saturated carbocycles. The molecule has 2 N–H and O–H groups in total. The minimum atomic E-state index is -3.53. The normalized spacial score (nSPS) is 19.2. The fourth-order valence-corrected chi connectivity index (χ4v) is 5.36. The van der Waals surface area contributed by atoms with Crippen LogP contribution in [0.4, 0.5) is 10.5 Å². The highest BCUT2D eigenvalue weighted by Crippen LogP contribution is 2.22. The predicted molar refractivity (Wildman–Crippen MR) is 117 cm³/mol. The molecule has 2 fully saturated rings. The molecule has 1 unspecified atom stereocenters. The van der Waals surface area contributed by atoms with Gasteiger partial charge in [0.05, 0.1) is 4.90 Å². The first-order valence-corrected chi connectivity index (χ1v) is 11.8. The van der Waals surface area contributed by atoms with Crippen LogP contribution in [0.15, 0.2) is 59.5 Å². The number of anilines is 1. The van der Waals surface area contributed by atoms with Crippen molar-refractivity contribution < 1.29 is 22.8 Å². The predicted octanol–water partition coefficient (Wildman–Crippen LogP) is 1.57. The number of hydrogen-bond donors (Lipinski definition) is 2. The molecule has 0 spiro atoms. The van der Waals surface area contributed by atoms with Gasteiger partial charge in [-0.3, -0.25) is 14.5 Å². The van der Waals surface area contributed by atoms with Gasteiger partial charge in [0.25, 0.3) is 5.91 Å². The molecular weight excluding hydrogens is 432 g/mol. The Hall–Kier alpha value is -3.24. The summed E-state index contributed by atoms with van der Waals surface area (Å²) in [5.41, 5.74) is 1.28. The maximum absolute atomic E-state index is 12.6. The molecular formula is C22H24N4O5S. The van der Waals surface area contributed by atoms with E-state index in [-0.39, 0.29) is 4.90 Å². The van der Waals surface area contributed by atoms with Gasteiger partial charge in [0.1, 0.15) is 12.6 Å². The Labute approximate surface area is 186 Å². The summed E-state index contributed by atoms with van der Waals surface area (Å²) in [6.45, 7) is 0.597. The van der Waals surface area contributed by atoms with Crippen LogP contribution in [0, 0.1) is 0 Å². The molecule has 0 bridgehead atoms. The lowest BCUT2D eigenvalue weighted by Crippen LogP contribution is -2.38. The smallest absolute Gasteiger partial charge is 0.325 e. The van der Waals surface area contributed by atoms with Gasteiger partial charge in [-0.25, -0.2) is 13.2 Å². The molecule has 2 saturated heterocycles. The van der Waals surface area contributed by atoms with Gasteiger partial charge in [-0.2, -0.15) is 4.31 Å². The standard InChI is InChI=1S/C22H24N4O5S/c27-20(15-26-21(28)19(24-22(26)29)14-16-6-2-1-3-7-16)23-17-8-10-18(11-9-17)32(30,31)25-12-4-5-13-25/h1-3,6-11,19H,4-5,12-15H2,(H,23,27)(H,24,29). The number of imide groups is 1. The summed E-state index contributed by atoms with van der Waals surface area (Å²) < 4.78 is 26.6. The monoisotopic (exact) mass is 456 g/mol. The summed E-state index contributed by atoms with van der Waals surface area (Å²) >= 11 is 0. The molecule has 0 radical (unpaired) electrons. The highest BCUT2D eigenvalue weighted by molar-refractivity contribution is 7.89. The molecule has 168 valence electrons. The zero-order valence-electron chi connectivity index (χ0n) is 17.4. The third-order valence-corrected chi connectivity index (χ3v) is 7.45. The van der Waals surface area contributed by atoms with Crippen molar-refractivity contribution in [3.63, 3.8) is 0 Å². The Morgan fingerprint density at radius 2 is 1.66 bits per heavy atom. The lowest BCUT2D eigenvalue weighted by molar-refractivity contribution is -0.130. The average Bonchev–Trinajstić information content (AvgIpc) is 3.41. The molecule has 2 heterocycles. The highest BCUT2D eigenvalue weighted by atomic mass is 32.2. The largest absolute Gasteiger partial charge is 0.325 e. The number of rotatable bonds is 7. The maximum Gasteiger partial charge on any atom is 0.325 e. The van der Waals surface area contributed by atoms with Gasteiger partial charge in [-0.15, -0.1) is 0 Å². The molecule has 2 aromatic rings. The minimum absolute atomic E-state index is 0.162. The van der Waals surface area contributed by atoms with Crippen LogP contribution < -0.4 is 10.6 Å². The van der Waals surface area contributed by atoms with E-state index in [4.69, 9.17) is 0 Å². The molecule has 0 aliphatic carbocycles. The quantitative estimate of drug-likeness (QED) is 0.614. The SMILES string of the molecule is O=C(CN1C(=O)NC(Cc2ccccc2)C1=O)Nc1ccc(S(=O)(=O)N2CCCC2)cc1. The summed E-state index contributed by atoms with van der Waals surface area (Å²) in [4.78, 5) is 38.2. The van der Waals surface area contributed by atoms with E-state index in [1.165, 1.54) is 28.6 Å². The van der Waals surface area contributed by atoms with E-state index in [1.807, 2.05) is 30.3 Å². The zero-order valence-corrected chi connectivity index (χ0v) is 18.2. The van der Waals surface area contributed by atoms with Gasteiger partial charge in [-0.05, 0) is 42.7 Å². The first-order chi connectivity index (χ1) is 15.3. The van der Waals surface area contributed by atoms with Gasteiger partial charge in [0, 0.05) is 25.2 Å². The molecule has 10 heteroatoms. The summed E-state index contributed by atoms with van der Waals surface area (Å²) in [6.07, 6.45) is 2.04. The van der Waals surface area contributed by atoms with Crippen molar-refractivity contribution in [2.45, 2.75) is 30.2 Å². The van der Waals surface area contributed by atoms with Crippen LogP contribution in [-0.2, 0) is 26.0 Å². The van der Waals surface area contributed by atoms with E-state index in [1.54, 1.807) is 0 Å². The van der Waals surface area contributed by atoms with E-state index >= 15 is 0 Å². The second kappa shape index (κ2) is 9.09. The number of carbonyl (C=O) groups excluding carboxylic acids is 3. The van der Waals surface area contributed by atoms with Crippen molar-refractivity contribution in [2.24, 2.45) is 0 Å². The van der Waals surface area contributed by atoms with Crippen molar-refractivity contribution in [3.8, 4) is 0 Å². The number of carbonyl (C=O) groups is 3. The number of amides is 4. The Kier molecular flexibility index (Phi) is 6.24. The Morgan fingerprint density at radius 3 is 2.31 bits per heavy atom. The Bertz CT molecular complexity index is 1110. The topological polar surface area (TPSA) is 116 Å². The first kappa shape index (κ1) is 22.0. The fraction of sp³-hybridized carbons (Fsp3) is 0.318. The van der Waals surface area contributed by atoms with Crippen LogP contribution in [0.2, 0.25) is 0 Å². The van der Waals surface area contributed by atoms with Crippen LogP contribution in [0.1, 0.15) is 18.4 Å². The second-order valence-electron chi connectivity index (χ2n) is 7.80. The number of nitrogens with one attached hydrogen (secondary N) is 2. The van der Waals surface area contributed by atoms with Gasteiger partial charge in [0.15, 0.2) is 0 Å². The number of urea groups is 1. The highest BCUT2D eigenvalue weighted by Gasteiger charge is 2.38. The van der Waals surface area contributed by atoms with Gasteiger partial charge < -0.3 is 10.6 Å². The van der Waals surface area contributed by atoms with Crippen LogP contribution in [0.3, 0.4) is 0 Å². The van der Waals surface area contributed by atoms with Gasteiger partial charge >= 0.3 is 6.03 Å². The number of benzene rings is 2. The van der Waals surface area contributed by atoms with Crippen molar-refractivity contribution in [1.29, 1.82) is 0 Å². The maximum atomic E-state index is 12.6. The van der Waals surface area contributed by atoms with E-state index < -0.39 is 40.5 Å². The van der Waals surface area contributed by atoms with Crippen molar-refractivity contribution in [3.05, 3.63) is 60.2 Å². The summed E-state index contributed by atoms with van der Waals surface area (Å²) in [7, 11) is -3.53. The summed E-state index contributed by atoms with van der Waals surface area (Å²) in [5, 5.41) is 5.21. The van der Waals surface area contributed by atoms with E-state index in [0.29, 0.717) is 25.2 Å². The van der Waals surface area contributed by atoms with Crippen LogP contribution in [-0.4, -0.2) is 61.1 Å². The fourth-order valence-electron chi connectivity index (χ4n) is 3.85. The zero-order chi connectivity index (χ0) is 22.7. The minimum Gasteiger partial charge on any atom is -0.325 e. The van der Waals surface area contributed by atoms with Crippen molar-refractivity contribution >= 4 is 33.6 Å². The van der Waals surface area contributed by atoms with E-state index in [0.717, 1.165) is 23.3 Å². The lowest BCUT2D eigenvalue weighted by atomic mass is 10.1. The molecule has 32 heavy (non-hydrogen) atoms. The number of nitrogens with zero attached hydrogens (tertiary/aromatic N) is 2. The number of hydrogen-bond acceptors (Lipinski definition) is 5. The second-order valence-corrected chi connectivity index (χ2v) is 9.74. The molecule has 1 atom stereocenters. The van der Waals surface area contributed by atoms with Crippen molar-refractivity contribution in [2.75, 3.05) is 25.0 Å². The van der Waals surface area contributed by atoms with Gasteiger partial charge in [-0.1, -0.05) is 30.3 Å². The third-order valence-electron chi connectivity index (χ3n) is 5.53. The molecule has 2 aliphatic rings. The molecule has 2 aliphatic heterocycles. The van der Waals surface area contributed by atoms with E-state index in [9.17, 15) is 22.8 Å². The summed E-state index contributed by atoms with van der Waals surface area (Å²) in [5.74, 6) is -1.01. The number of sulfonamides is 1. The first-order valence-electron chi connectivity index (χ1n) is 10.4. The van der Waals surface area contributed by atoms with Crippen LogP contribution in [0.5, 0.6) is 0 Å². The lowest BCUT2D eigenvalue weighted by Gasteiger charge is -2.16. The molecule has 4 amide bonds. The molecule has 9 nitrogen and oxygen atoms in total. The molecule has 0 aromatic heterocycles. The Morgan fingerprint density at radius 1 is 1.00 bits per heavy atom.